The van der Waals surface area contributed by atoms with Gasteiger partial charge in [0.05, 0.1) is 19.1 Å². The molecule has 0 radical (unpaired) electrons. The molecule has 1 unspecified atom stereocenters. The van der Waals surface area contributed by atoms with Gasteiger partial charge in [-0.1, -0.05) is 17.7 Å². The van der Waals surface area contributed by atoms with Gasteiger partial charge in [0.15, 0.2) is 0 Å². The van der Waals surface area contributed by atoms with Crippen molar-refractivity contribution < 1.29 is 19.2 Å². The lowest BCUT2D eigenvalue weighted by Crippen LogP contribution is -3.18. The number of alkyl carbamates (subject to hydrolysis) is 1. The Morgan fingerprint density at radius 1 is 1.12 bits per heavy atom. The van der Waals surface area contributed by atoms with Gasteiger partial charge in [-0.3, -0.25) is 10.1 Å². The predicted molar refractivity (Wildman–Crippen MR) is 91.1 cm³/mol. The van der Waals surface area contributed by atoms with Crippen molar-refractivity contribution in [1.29, 1.82) is 0 Å². The number of piperidine rings is 2. The normalized spacial score (nSPS) is 26.3. The third kappa shape index (κ3) is 4.15. The van der Waals surface area contributed by atoms with Crippen LogP contribution in [-0.4, -0.2) is 37.7 Å². The van der Waals surface area contributed by atoms with Crippen LogP contribution < -0.4 is 10.2 Å². The SMILES string of the molecule is Cc1ccc(C(=O)NC(=O)OC[C@@H]2CCC[NH+]3CCCC[C@H]23)cc1. The zero-order valence-corrected chi connectivity index (χ0v) is 14.3. The monoisotopic (exact) mass is 331 g/mol. The largest absolute Gasteiger partial charge is 0.449 e. The number of nitrogens with one attached hydrogen (secondary N) is 2. The first-order valence-electron chi connectivity index (χ1n) is 9.03. The Kier molecular flexibility index (Phi) is 5.51. The molecule has 1 aromatic rings. The molecule has 2 saturated heterocycles. The Morgan fingerprint density at radius 2 is 1.88 bits per heavy atom. The molecule has 3 atom stereocenters. The molecule has 2 aliphatic heterocycles. The fourth-order valence-electron chi connectivity index (χ4n) is 4.07. The van der Waals surface area contributed by atoms with Crippen molar-refractivity contribution in [2.45, 2.75) is 45.1 Å². The average Bonchev–Trinajstić information content (AvgIpc) is 2.60. The molecule has 0 spiro atoms. The molecule has 3 rings (SSSR count). The Hall–Kier alpha value is -1.88. The van der Waals surface area contributed by atoms with E-state index < -0.39 is 12.0 Å². The summed E-state index contributed by atoms with van der Waals surface area (Å²) in [6.45, 7) is 4.87. The van der Waals surface area contributed by atoms with Gasteiger partial charge in [0.1, 0.15) is 6.61 Å². The predicted octanol–water partition coefficient (Wildman–Crippen LogP) is 1.71. The molecule has 2 aliphatic rings. The van der Waals surface area contributed by atoms with Crippen LogP contribution in [0.15, 0.2) is 24.3 Å². The number of imide groups is 1. The fourth-order valence-corrected chi connectivity index (χ4v) is 4.07. The molecule has 0 bridgehead atoms. The summed E-state index contributed by atoms with van der Waals surface area (Å²) < 4.78 is 5.36. The lowest BCUT2D eigenvalue weighted by molar-refractivity contribution is -0.940. The number of rotatable bonds is 3. The van der Waals surface area contributed by atoms with E-state index in [1.54, 1.807) is 17.0 Å². The van der Waals surface area contributed by atoms with E-state index in [9.17, 15) is 9.59 Å². The van der Waals surface area contributed by atoms with Crippen LogP contribution in [0.2, 0.25) is 0 Å². The number of fused-ring (bicyclic) bond motifs is 1. The highest BCUT2D eigenvalue weighted by atomic mass is 16.5. The van der Waals surface area contributed by atoms with Crippen molar-refractivity contribution in [2.24, 2.45) is 5.92 Å². The highest BCUT2D eigenvalue weighted by Gasteiger charge is 2.37. The number of quaternary nitrogens is 1. The molecule has 5 nitrogen and oxygen atoms in total. The van der Waals surface area contributed by atoms with Crippen molar-refractivity contribution >= 4 is 12.0 Å². The smallest absolute Gasteiger partial charge is 0.414 e. The van der Waals surface area contributed by atoms with Crippen molar-refractivity contribution in [3.05, 3.63) is 35.4 Å². The molecular weight excluding hydrogens is 304 g/mol. The second-order valence-electron chi connectivity index (χ2n) is 7.08. The van der Waals surface area contributed by atoms with Gasteiger partial charge in [-0.25, -0.2) is 4.79 Å². The Labute approximate surface area is 143 Å². The average molecular weight is 331 g/mol. The maximum absolute atomic E-state index is 12.0. The van der Waals surface area contributed by atoms with E-state index in [0.717, 1.165) is 12.0 Å². The van der Waals surface area contributed by atoms with Gasteiger partial charge in [0.2, 0.25) is 0 Å². The van der Waals surface area contributed by atoms with Gasteiger partial charge in [0, 0.05) is 11.5 Å². The number of hydrogen-bond acceptors (Lipinski definition) is 3. The van der Waals surface area contributed by atoms with Crippen molar-refractivity contribution in [3.8, 4) is 0 Å². The molecule has 2 N–H and O–H groups in total. The van der Waals surface area contributed by atoms with E-state index >= 15 is 0 Å². The van der Waals surface area contributed by atoms with E-state index in [4.69, 9.17) is 4.74 Å². The maximum Gasteiger partial charge on any atom is 0.414 e. The maximum atomic E-state index is 12.0. The lowest BCUT2D eigenvalue weighted by atomic mass is 9.84. The molecule has 0 aromatic heterocycles. The van der Waals surface area contributed by atoms with Crippen molar-refractivity contribution in [2.75, 3.05) is 19.7 Å². The zero-order valence-electron chi connectivity index (χ0n) is 14.3. The first-order valence-corrected chi connectivity index (χ1v) is 9.03. The summed E-state index contributed by atoms with van der Waals surface area (Å²) in [6, 6.07) is 7.74. The summed E-state index contributed by atoms with van der Waals surface area (Å²) in [5.74, 6) is 0.0165. The third-order valence-electron chi connectivity index (χ3n) is 5.39. The number of ether oxygens (including phenoxy) is 1. The van der Waals surface area contributed by atoms with Crippen LogP contribution in [-0.2, 0) is 4.74 Å². The molecular formula is C19H27N2O3+. The van der Waals surface area contributed by atoms with Crippen LogP contribution in [0, 0.1) is 12.8 Å². The molecule has 130 valence electrons. The van der Waals surface area contributed by atoms with Crippen molar-refractivity contribution in [1.82, 2.24) is 5.32 Å². The highest BCUT2D eigenvalue weighted by molar-refractivity contribution is 6.02. The first kappa shape index (κ1) is 17.0. The number of aryl methyl sites for hydroxylation is 1. The summed E-state index contributed by atoms with van der Waals surface area (Å²) in [4.78, 5) is 25.6. The summed E-state index contributed by atoms with van der Waals surface area (Å²) in [5.41, 5.74) is 1.55. The lowest BCUT2D eigenvalue weighted by Gasteiger charge is -2.40. The van der Waals surface area contributed by atoms with Crippen molar-refractivity contribution in [3.63, 3.8) is 0 Å². The number of carbonyl (C=O) groups excluding carboxylic acids is 2. The minimum Gasteiger partial charge on any atom is -0.449 e. The van der Waals surface area contributed by atoms with E-state index in [-0.39, 0.29) is 0 Å². The quantitative estimate of drug-likeness (QED) is 0.886. The van der Waals surface area contributed by atoms with Gasteiger partial charge in [-0.2, -0.15) is 0 Å². The molecule has 24 heavy (non-hydrogen) atoms. The minimum absolute atomic E-state index is 0.409. The number of amides is 2. The van der Waals surface area contributed by atoms with Crippen LogP contribution in [0.4, 0.5) is 4.79 Å². The Morgan fingerprint density at radius 3 is 2.67 bits per heavy atom. The van der Waals surface area contributed by atoms with E-state index in [1.807, 2.05) is 19.1 Å². The Bertz CT molecular complexity index is 583. The molecule has 2 amide bonds. The molecule has 0 saturated carbocycles. The number of benzene rings is 1. The topological polar surface area (TPSA) is 59.8 Å². The van der Waals surface area contributed by atoms with Gasteiger partial charge in [0.25, 0.3) is 5.91 Å². The van der Waals surface area contributed by atoms with E-state index in [0.29, 0.717) is 24.1 Å². The third-order valence-corrected chi connectivity index (χ3v) is 5.39. The number of carbonyl (C=O) groups is 2. The number of hydrogen-bond donors (Lipinski definition) is 2. The molecule has 1 aromatic carbocycles. The van der Waals surface area contributed by atoms with Gasteiger partial charge < -0.3 is 9.64 Å². The molecule has 5 heteroatoms. The first-order chi connectivity index (χ1) is 11.6. The van der Waals surface area contributed by atoms with Crippen LogP contribution in [0.1, 0.15) is 48.0 Å². The zero-order chi connectivity index (χ0) is 16.9. The van der Waals surface area contributed by atoms with Crippen LogP contribution in [0.3, 0.4) is 0 Å². The summed E-state index contributed by atoms with van der Waals surface area (Å²) >= 11 is 0. The van der Waals surface area contributed by atoms with Crippen LogP contribution in [0.25, 0.3) is 0 Å². The van der Waals surface area contributed by atoms with Gasteiger partial charge in [-0.05, 0) is 51.2 Å². The van der Waals surface area contributed by atoms with Gasteiger partial charge >= 0.3 is 6.09 Å². The fraction of sp³-hybridized carbons (Fsp3) is 0.579. The van der Waals surface area contributed by atoms with E-state index in [1.165, 1.54) is 38.8 Å². The summed E-state index contributed by atoms with van der Waals surface area (Å²) in [5, 5.41) is 2.32. The van der Waals surface area contributed by atoms with E-state index in [2.05, 4.69) is 5.32 Å². The summed E-state index contributed by atoms with van der Waals surface area (Å²) in [6.07, 6.45) is 5.50. The molecule has 0 aliphatic carbocycles. The molecule has 2 fully saturated rings. The van der Waals surface area contributed by atoms with Crippen LogP contribution >= 0.6 is 0 Å². The minimum atomic E-state index is -0.636. The molecule has 2 heterocycles. The highest BCUT2D eigenvalue weighted by Crippen LogP contribution is 2.20. The second-order valence-corrected chi connectivity index (χ2v) is 7.08. The van der Waals surface area contributed by atoms with Gasteiger partial charge in [-0.15, -0.1) is 0 Å². The standard InChI is InChI=1S/C19H26N2O3/c1-14-7-9-15(10-8-14)18(22)20-19(23)24-13-16-5-4-12-21-11-3-2-6-17(16)21/h7-10,16-17H,2-6,11-13H2,1H3,(H,20,22,23)/p+1/t16-,17+/m0/s1. The summed E-state index contributed by atoms with van der Waals surface area (Å²) in [7, 11) is 0. The second kappa shape index (κ2) is 7.79. The van der Waals surface area contributed by atoms with Crippen LogP contribution in [0.5, 0.6) is 0 Å². The Balaban J connectivity index is 1.48.